The molecule has 4 rings (SSSR count). The molecule has 0 atom stereocenters. The highest BCUT2D eigenvalue weighted by Crippen LogP contribution is 2.19. The fourth-order valence-electron chi connectivity index (χ4n) is 2.34. The fraction of sp³-hybridized carbons (Fsp3) is 0.267. The van der Waals surface area contributed by atoms with Crippen LogP contribution in [0.1, 0.15) is 16.5 Å². The Hall–Kier alpha value is -2.81. The third kappa shape index (κ3) is 2.98. The van der Waals surface area contributed by atoms with Crippen LogP contribution in [0.15, 0.2) is 28.9 Å². The highest BCUT2D eigenvalue weighted by atomic mass is 32.1. The summed E-state index contributed by atoms with van der Waals surface area (Å²) in [7, 11) is 0. The number of furan rings is 1. The summed E-state index contributed by atoms with van der Waals surface area (Å²) >= 11 is 1.58. The number of aromatic nitrogens is 6. The van der Waals surface area contributed by atoms with E-state index in [1.807, 2.05) is 36.7 Å². The summed E-state index contributed by atoms with van der Waals surface area (Å²) in [6.07, 6.45) is 4.28. The van der Waals surface area contributed by atoms with Gasteiger partial charge < -0.3 is 9.73 Å². The molecule has 0 fully saturated rings. The highest BCUT2D eigenvalue weighted by Gasteiger charge is 2.08. The van der Waals surface area contributed by atoms with E-state index in [2.05, 4.69) is 30.6 Å². The van der Waals surface area contributed by atoms with Gasteiger partial charge in [0.2, 0.25) is 10.9 Å². The number of rotatable bonds is 5. The van der Waals surface area contributed by atoms with E-state index >= 15 is 0 Å². The average molecular weight is 341 g/mol. The van der Waals surface area contributed by atoms with Gasteiger partial charge in [0.25, 0.3) is 0 Å². The summed E-state index contributed by atoms with van der Waals surface area (Å²) in [6, 6.07) is 3.76. The molecule has 0 spiro atoms. The zero-order valence-corrected chi connectivity index (χ0v) is 14.0. The van der Waals surface area contributed by atoms with E-state index in [0.29, 0.717) is 23.9 Å². The molecule has 122 valence electrons. The maximum atomic E-state index is 5.56. The van der Waals surface area contributed by atoms with Crippen LogP contribution in [0.5, 0.6) is 0 Å². The number of fused-ring (bicyclic) bond motifs is 1. The topological polar surface area (TPSA) is 94.0 Å². The second-order valence-corrected chi connectivity index (χ2v) is 6.49. The summed E-state index contributed by atoms with van der Waals surface area (Å²) in [5, 5.41) is 16.5. The van der Waals surface area contributed by atoms with Crippen LogP contribution in [0, 0.1) is 13.8 Å². The van der Waals surface area contributed by atoms with Crippen LogP contribution in [-0.4, -0.2) is 36.3 Å². The zero-order valence-electron chi connectivity index (χ0n) is 13.2. The lowest BCUT2D eigenvalue weighted by Gasteiger charge is -2.03. The van der Waals surface area contributed by atoms with E-state index in [0.717, 1.165) is 27.8 Å². The summed E-state index contributed by atoms with van der Waals surface area (Å²) in [6.45, 7) is 4.52. The zero-order chi connectivity index (χ0) is 16.5. The van der Waals surface area contributed by atoms with Crippen molar-refractivity contribution in [2.75, 3.05) is 11.9 Å². The second kappa shape index (κ2) is 6.00. The van der Waals surface area contributed by atoms with E-state index in [9.17, 15) is 0 Å². The number of aryl methyl sites for hydroxylation is 2. The van der Waals surface area contributed by atoms with Crippen molar-refractivity contribution in [1.29, 1.82) is 0 Å². The fourth-order valence-corrected chi connectivity index (χ4v) is 3.08. The molecular formula is C15H15N7OS. The monoisotopic (exact) mass is 341 g/mol. The van der Waals surface area contributed by atoms with Crippen LogP contribution >= 0.6 is 11.3 Å². The SMILES string of the molecule is Cc1ccc(-c2cnnc(NCCc3cn4nc(C)sc4n3)n2)o1. The van der Waals surface area contributed by atoms with Gasteiger partial charge in [-0.05, 0) is 26.0 Å². The van der Waals surface area contributed by atoms with E-state index in [4.69, 9.17) is 4.42 Å². The summed E-state index contributed by atoms with van der Waals surface area (Å²) < 4.78 is 7.37. The predicted molar refractivity (Wildman–Crippen MR) is 90.1 cm³/mol. The van der Waals surface area contributed by atoms with Crippen molar-refractivity contribution in [1.82, 2.24) is 29.8 Å². The number of imidazole rings is 1. The summed E-state index contributed by atoms with van der Waals surface area (Å²) in [5.41, 5.74) is 1.63. The van der Waals surface area contributed by atoms with Crippen molar-refractivity contribution < 1.29 is 4.42 Å². The minimum atomic E-state index is 0.469. The normalized spacial score (nSPS) is 11.2. The van der Waals surface area contributed by atoms with Crippen molar-refractivity contribution in [3.05, 3.63) is 41.0 Å². The third-order valence-electron chi connectivity index (χ3n) is 3.41. The first kappa shape index (κ1) is 14.8. The Morgan fingerprint density at radius 1 is 1.25 bits per heavy atom. The van der Waals surface area contributed by atoms with Gasteiger partial charge in [-0.15, -0.1) is 5.10 Å². The lowest BCUT2D eigenvalue weighted by atomic mass is 10.3. The van der Waals surface area contributed by atoms with Crippen LogP contribution in [-0.2, 0) is 6.42 Å². The highest BCUT2D eigenvalue weighted by molar-refractivity contribution is 7.16. The molecule has 0 bridgehead atoms. The first-order valence-corrected chi connectivity index (χ1v) is 8.31. The van der Waals surface area contributed by atoms with Gasteiger partial charge in [0.15, 0.2) is 5.76 Å². The van der Waals surface area contributed by atoms with Gasteiger partial charge in [0.1, 0.15) is 16.5 Å². The largest absolute Gasteiger partial charge is 0.460 e. The van der Waals surface area contributed by atoms with Crippen LogP contribution in [0.25, 0.3) is 16.4 Å². The minimum absolute atomic E-state index is 0.469. The van der Waals surface area contributed by atoms with Gasteiger partial charge >= 0.3 is 0 Å². The van der Waals surface area contributed by atoms with E-state index < -0.39 is 0 Å². The lowest BCUT2D eigenvalue weighted by Crippen LogP contribution is -2.09. The van der Waals surface area contributed by atoms with Crippen LogP contribution < -0.4 is 5.32 Å². The van der Waals surface area contributed by atoms with Gasteiger partial charge in [0.05, 0.1) is 18.1 Å². The molecule has 4 heterocycles. The number of nitrogens with zero attached hydrogens (tertiary/aromatic N) is 6. The Balaban J connectivity index is 1.41. The Bertz CT molecular complexity index is 955. The first-order chi connectivity index (χ1) is 11.7. The van der Waals surface area contributed by atoms with Gasteiger partial charge in [-0.1, -0.05) is 11.3 Å². The third-order valence-corrected chi connectivity index (χ3v) is 4.25. The average Bonchev–Trinajstić information content (AvgIpc) is 3.22. The predicted octanol–water partition coefficient (Wildman–Crippen LogP) is 2.51. The summed E-state index contributed by atoms with van der Waals surface area (Å²) in [4.78, 5) is 9.87. The molecule has 0 amide bonds. The van der Waals surface area contributed by atoms with Crippen LogP contribution in [0.4, 0.5) is 5.95 Å². The van der Waals surface area contributed by atoms with Gasteiger partial charge in [-0.25, -0.2) is 14.5 Å². The Labute approximate surface area is 141 Å². The molecule has 0 aliphatic heterocycles. The first-order valence-electron chi connectivity index (χ1n) is 7.49. The molecule has 0 radical (unpaired) electrons. The van der Waals surface area contributed by atoms with Gasteiger partial charge in [-0.3, -0.25) is 0 Å². The summed E-state index contributed by atoms with van der Waals surface area (Å²) in [5.74, 6) is 1.99. The molecule has 1 N–H and O–H groups in total. The molecule has 0 saturated heterocycles. The molecule has 4 aromatic rings. The molecule has 0 aliphatic carbocycles. The van der Waals surface area contributed by atoms with Crippen molar-refractivity contribution in [3.63, 3.8) is 0 Å². The second-order valence-electron chi connectivity index (χ2n) is 5.33. The van der Waals surface area contributed by atoms with Gasteiger partial charge in [-0.2, -0.15) is 10.2 Å². The molecule has 9 heteroatoms. The van der Waals surface area contributed by atoms with Gasteiger partial charge in [0, 0.05) is 13.0 Å². The number of hydrogen-bond donors (Lipinski definition) is 1. The molecule has 0 aromatic carbocycles. The lowest BCUT2D eigenvalue weighted by molar-refractivity contribution is 0.545. The van der Waals surface area contributed by atoms with Crippen molar-refractivity contribution >= 4 is 22.2 Å². The number of hydrogen-bond acceptors (Lipinski definition) is 8. The van der Waals surface area contributed by atoms with Crippen LogP contribution in [0.2, 0.25) is 0 Å². The molecular weight excluding hydrogens is 326 g/mol. The van der Waals surface area contributed by atoms with Crippen molar-refractivity contribution in [2.24, 2.45) is 0 Å². The molecule has 0 saturated carbocycles. The molecule has 24 heavy (non-hydrogen) atoms. The number of nitrogens with one attached hydrogen (secondary N) is 1. The van der Waals surface area contributed by atoms with E-state index in [-0.39, 0.29) is 0 Å². The molecule has 0 aliphatic rings. The Morgan fingerprint density at radius 2 is 2.17 bits per heavy atom. The minimum Gasteiger partial charge on any atom is -0.460 e. The van der Waals surface area contributed by atoms with E-state index in [1.165, 1.54) is 0 Å². The molecule has 8 nitrogen and oxygen atoms in total. The Morgan fingerprint density at radius 3 is 2.96 bits per heavy atom. The molecule has 4 aromatic heterocycles. The maximum absolute atomic E-state index is 5.56. The van der Waals surface area contributed by atoms with Crippen LogP contribution in [0.3, 0.4) is 0 Å². The Kier molecular flexibility index (Phi) is 3.69. The smallest absolute Gasteiger partial charge is 0.243 e. The van der Waals surface area contributed by atoms with Crippen molar-refractivity contribution in [2.45, 2.75) is 20.3 Å². The molecule has 0 unspecified atom stereocenters. The van der Waals surface area contributed by atoms with Crippen molar-refractivity contribution in [3.8, 4) is 11.5 Å². The standard InChI is InChI=1S/C15H15N7OS/c1-9-3-4-13(23-9)12-7-17-20-14(19-12)16-6-5-11-8-22-15(18-11)24-10(2)21-22/h3-4,7-8H,5-6H2,1-2H3,(H,16,19,20). The number of anilines is 1. The quantitative estimate of drug-likeness (QED) is 0.596. The van der Waals surface area contributed by atoms with E-state index in [1.54, 1.807) is 17.5 Å². The maximum Gasteiger partial charge on any atom is 0.243 e.